The van der Waals surface area contributed by atoms with Gasteiger partial charge >= 0.3 is 0 Å². The predicted molar refractivity (Wildman–Crippen MR) is 59.2 cm³/mol. The fourth-order valence-electron chi connectivity index (χ4n) is 1.16. The molecule has 0 aliphatic rings. The Hall–Kier alpha value is -2.02. The minimum absolute atomic E-state index is 0.0318. The van der Waals surface area contributed by atoms with Gasteiger partial charge in [0.05, 0.1) is 11.9 Å². The number of hydrogen-bond donors (Lipinski definition) is 1. The highest BCUT2D eigenvalue weighted by Gasteiger charge is 2.13. The van der Waals surface area contributed by atoms with Crippen LogP contribution in [-0.4, -0.2) is 18.4 Å². The van der Waals surface area contributed by atoms with Gasteiger partial charge < -0.3 is 0 Å². The lowest BCUT2D eigenvalue weighted by Crippen LogP contribution is -2.13. The molecular weight excluding hydrogens is 245 g/mol. The van der Waals surface area contributed by atoms with Crippen molar-refractivity contribution in [3.63, 3.8) is 0 Å². The van der Waals surface area contributed by atoms with Crippen LogP contribution in [0.25, 0.3) is 0 Å². The standard InChI is InChI=1S/C10H8FN3O2S/c11-10-4-3-8(6-13-10)14-17(15,16)9-2-1-5-12-7-9/h1-7,14H. The van der Waals surface area contributed by atoms with Crippen LogP contribution in [0.1, 0.15) is 0 Å². The average molecular weight is 253 g/mol. The van der Waals surface area contributed by atoms with E-state index in [1.54, 1.807) is 0 Å². The Morgan fingerprint density at radius 2 is 2.00 bits per heavy atom. The van der Waals surface area contributed by atoms with Crippen LogP contribution in [0.3, 0.4) is 0 Å². The van der Waals surface area contributed by atoms with Crippen LogP contribution in [0, 0.1) is 5.95 Å². The number of hydrogen-bond acceptors (Lipinski definition) is 4. The van der Waals surface area contributed by atoms with Gasteiger partial charge in [-0.1, -0.05) is 0 Å². The van der Waals surface area contributed by atoms with Gasteiger partial charge in [-0.05, 0) is 24.3 Å². The summed E-state index contributed by atoms with van der Waals surface area (Å²) in [6.07, 6.45) is 3.79. The van der Waals surface area contributed by atoms with Gasteiger partial charge in [-0.15, -0.1) is 0 Å². The Labute approximate surface area is 97.4 Å². The molecule has 1 N–H and O–H groups in total. The quantitative estimate of drug-likeness (QED) is 0.839. The third-order valence-electron chi connectivity index (χ3n) is 1.92. The molecule has 0 amide bonds. The maximum Gasteiger partial charge on any atom is 0.263 e. The van der Waals surface area contributed by atoms with Gasteiger partial charge in [-0.2, -0.15) is 4.39 Å². The Morgan fingerprint density at radius 3 is 2.59 bits per heavy atom. The zero-order valence-electron chi connectivity index (χ0n) is 8.54. The van der Waals surface area contributed by atoms with E-state index in [-0.39, 0.29) is 10.6 Å². The number of aromatic nitrogens is 2. The molecule has 0 radical (unpaired) electrons. The molecule has 0 aliphatic carbocycles. The first-order chi connectivity index (χ1) is 8.08. The zero-order valence-corrected chi connectivity index (χ0v) is 9.36. The molecule has 0 atom stereocenters. The van der Waals surface area contributed by atoms with Gasteiger partial charge in [0.2, 0.25) is 5.95 Å². The van der Waals surface area contributed by atoms with Crippen molar-refractivity contribution in [2.24, 2.45) is 0 Å². The average Bonchev–Trinajstić information content (AvgIpc) is 2.33. The molecule has 88 valence electrons. The smallest absolute Gasteiger partial charge is 0.263 e. The Balaban J connectivity index is 2.27. The minimum atomic E-state index is -3.70. The highest BCUT2D eigenvalue weighted by atomic mass is 32.2. The monoisotopic (exact) mass is 253 g/mol. The van der Waals surface area contributed by atoms with E-state index in [4.69, 9.17) is 0 Å². The number of sulfonamides is 1. The number of nitrogens with one attached hydrogen (secondary N) is 1. The third-order valence-corrected chi connectivity index (χ3v) is 3.29. The number of pyridine rings is 2. The van der Waals surface area contributed by atoms with Gasteiger partial charge in [0.25, 0.3) is 10.0 Å². The molecule has 2 heterocycles. The van der Waals surface area contributed by atoms with Gasteiger partial charge in [0, 0.05) is 12.4 Å². The summed E-state index contributed by atoms with van der Waals surface area (Å²) in [7, 11) is -3.70. The van der Waals surface area contributed by atoms with Gasteiger partial charge in [0.15, 0.2) is 0 Å². The molecule has 0 aromatic carbocycles. The van der Waals surface area contributed by atoms with Crippen LogP contribution in [0.5, 0.6) is 0 Å². The molecule has 0 fully saturated rings. The van der Waals surface area contributed by atoms with Crippen LogP contribution in [0.2, 0.25) is 0 Å². The molecule has 2 aromatic rings. The van der Waals surface area contributed by atoms with E-state index < -0.39 is 16.0 Å². The molecule has 0 saturated carbocycles. The van der Waals surface area contributed by atoms with Gasteiger partial charge in [0.1, 0.15) is 4.90 Å². The number of rotatable bonds is 3. The van der Waals surface area contributed by atoms with Crippen LogP contribution in [0.15, 0.2) is 47.8 Å². The van der Waals surface area contributed by atoms with Crippen molar-refractivity contribution in [1.82, 2.24) is 9.97 Å². The maximum absolute atomic E-state index is 12.5. The molecule has 2 rings (SSSR count). The molecule has 0 unspecified atom stereocenters. The summed E-state index contributed by atoms with van der Waals surface area (Å²) in [5.41, 5.74) is 0.190. The fourth-order valence-corrected chi connectivity index (χ4v) is 2.16. The first-order valence-corrected chi connectivity index (χ1v) is 6.11. The summed E-state index contributed by atoms with van der Waals surface area (Å²) in [4.78, 5) is 7.09. The molecule has 7 heteroatoms. The molecule has 0 spiro atoms. The van der Waals surface area contributed by atoms with E-state index in [0.717, 1.165) is 12.3 Å². The summed E-state index contributed by atoms with van der Waals surface area (Å²) < 4.78 is 38.4. The van der Waals surface area contributed by atoms with Crippen molar-refractivity contribution in [1.29, 1.82) is 0 Å². The van der Waals surface area contributed by atoms with E-state index in [9.17, 15) is 12.8 Å². The van der Waals surface area contributed by atoms with Crippen LogP contribution >= 0.6 is 0 Å². The predicted octanol–water partition coefficient (Wildman–Crippen LogP) is 1.42. The van der Waals surface area contributed by atoms with E-state index in [0.29, 0.717) is 0 Å². The lowest BCUT2D eigenvalue weighted by Gasteiger charge is -2.06. The van der Waals surface area contributed by atoms with Crippen molar-refractivity contribution in [2.75, 3.05) is 4.72 Å². The summed E-state index contributed by atoms with van der Waals surface area (Å²) in [5.74, 6) is -0.672. The van der Waals surface area contributed by atoms with Crippen LogP contribution in [0.4, 0.5) is 10.1 Å². The highest BCUT2D eigenvalue weighted by molar-refractivity contribution is 7.92. The molecule has 0 aliphatic heterocycles. The Kier molecular flexibility index (Phi) is 3.01. The second kappa shape index (κ2) is 4.46. The second-order valence-corrected chi connectivity index (χ2v) is 4.85. The van der Waals surface area contributed by atoms with Crippen molar-refractivity contribution < 1.29 is 12.8 Å². The highest BCUT2D eigenvalue weighted by Crippen LogP contribution is 2.13. The lowest BCUT2D eigenvalue weighted by molar-refractivity contribution is 0.583. The number of anilines is 1. The van der Waals surface area contributed by atoms with Crippen molar-refractivity contribution in [3.05, 3.63) is 48.8 Å². The normalized spacial score (nSPS) is 11.1. The Morgan fingerprint density at radius 1 is 1.18 bits per heavy atom. The van der Waals surface area contributed by atoms with Crippen molar-refractivity contribution in [2.45, 2.75) is 4.90 Å². The summed E-state index contributed by atoms with van der Waals surface area (Å²) >= 11 is 0. The second-order valence-electron chi connectivity index (χ2n) is 3.16. The number of nitrogens with zero attached hydrogens (tertiary/aromatic N) is 2. The topological polar surface area (TPSA) is 72.0 Å². The largest absolute Gasteiger partial charge is 0.278 e. The molecule has 5 nitrogen and oxygen atoms in total. The third kappa shape index (κ3) is 2.76. The molecule has 0 saturated heterocycles. The summed E-state index contributed by atoms with van der Waals surface area (Å²) in [5, 5.41) is 0. The number of halogens is 1. The summed E-state index contributed by atoms with van der Waals surface area (Å²) in [6.45, 7) is 0. The van der Waals surface area contributed by atoms with E-state index in [1.165, 1.54) is 30.6 Å². The van der Waals surface area contributed by atoms with Crippen LogP contribution < -0.4 is 4.72 Å². The minimum Gasteiger partial charge on any atom is -0.278 e. The molecular formula is C10H8FN3O2S. The Bertz CT molecular complexity index is 599. The zero-order chi connectivity index (χ0) is 12.3. The first-order valence-electron chi connectivity index (χ1n) is 4.62. The summed E-state index contributed by atoms with van der Waals surface area (Å²) in [6, 6.07) is 5.28. The van der Waals surface area contributed by atoms with E-state index in [1.807, 2.05) is 0 Å². The molecule has 17 heavy (non-hydrogen) atoms. The van der Waals surface area contributed by atoms with Gasteiger partial charge in [-0.25, -0.2) is 13.4 Å². The first kappa shape index (κ1) is 11.5. The van der Waals surface area contributed by atoms with Crippen molar-refractivity contribution >= 4 is 15.7 Å². The van der Waals surface area contributed by atoms with Crippen LogP contribution in [-0.2, 0) is 10.0 Å². The fraction of sp³-hybridized carbons (Fsp3) is 0. The lowest BCUT2D eigenvalue weighted by atomic mass is 10.4. The SMILES string of the molecule is O=S(=O)(Nc1ccc(F)nc1)c1cccnc1. The van der Waals surface area contributed by atoms with E-state index in [2.05, 4.69) is 14.7 Å². The molecule has 0 bridgehead atoms. The maximum atomic E-state index is 12.5. The van der Waals surface area contributed by atoms with E-state index >= 15 is 0 Å². The van der Waals surface area contributed by atoms with Gasteiger partial charge in [-0.3, -0.25) is 9.71 Å². The molecule has 2 aromatic heterocycles. The van der Waals surface area contributed by atoms with Crippen molar-refractivity contribution in [3.8, 4) is 0 Å².